The lowest BCUT2D eigenvalue weighted by atomic mass is 10.4. The molecule has 90 valence electrons. The molecular formula is C11H10O5S. The summed E-state index contributed by atoms with van der Waals surface area (Å²) >= 11 is 0. The first-order valence-electron chi connectivity index (χ1n) is 4.60. The first kappa shape index (κ1) is 13.2. The normalized spacial score (nSPS) is 10.5. The monoisotopic (exact) mass is 254 g/mol. The van der Waals surface area contributed by atoms with E-state index in [1.165, 1.54) is 12.1 Å². The molecule has 0 amide bonds. The van der Waals surface area contributed by atoms with E-state index in [2.05, 4.69) is 14.8 Å². The summed E-state index contributed by atoms with van der Waals surface area (Å²) in [5.74, 6) is 1.25. The van der Waals surface area contributed by atoms with Gasteiger partial charge >= 0.3 is 5.97 Å². The molecule has 0 bridgehead atoms. The van der Waals surface area contributed by atoms with Crippen LogP contribution in [0.2, 0.25) is 0 Å². The van der Waals surface area contributed by atoms with Gasteiger partial charge in [-0.05, 0) is 12.1 Å². The number of terminal acetylenes is 1. The van der Waals surface area contributed by atoms with Crippen molar-refractivity contribution in [3.63, 3.8) is 0 Å². The van der Waals surface area contributed by atoms with Gasteiger partial charge < -0.3 is 4.74 Å². The van der Waals surface area contributed by atoms with E-state index in [1.54, 1.807) is 18.2 Å². The summed E-state index contributed by atoms with van der Waals surface area (Å²) in [5.41, 5.74) is 0. The highest BCUT2D eigenvalue weighted by Crippen LogP contribution is 2.10. The van der Waals surface area contributed by atoms with Gasteiger partial charge in [-0.1, -0.05) is 24.1 Å². The molecule has 0 aliphatic rings. The zero-order valence-electron chi connectivity index (χ0n) is 8.83. The Hall–Kier alpha value is -1.84. The van der Waals surface area contributed by atoms with E-state index >= 15 is 0 Å². The highest BCUT2D eigenvalue weighted by Gasteiger charge is 2.16. The molecule has 1 aromatic rings. The predicted molar refractivity (Wildman–Crippen MR) is 59.4 cm³/mol. The average Bonchev–Trinajstić information content (AvgIpc) is 2.35. The standard InChI is InChI=1S/C11H10O5S/c1-2-8-15-11(12)9-16-17(13,14)10-6-4-3-5-7-10/h1,3-7H,8-9H2. The van der Waals surface area contributed by atoms with Gasteiger partial charge in [-0.2, -0.15) is 8.42 Å². The van der Waals surface area contributed by atoms with Gasteiger partial charge in [0.25, 0.3) is 10.1 Å². The minimum absolute atomic E-state index is 0.0234. The molecule has 0 fully saturated rings. The van der Waals surface area contributed by atoms with E-state index in [0.717, 1.165) is 0 Å². The third-order valence-electron chi connectivity index (χ3n) is 1.68. The van der Waals surface area contributed by atoms with Crippen molar-refractivity contribution in [2.75, 3.05) is 13.2 Å². The Bertz CT molecular complexity index is 513. The van der Waals surface area contributed by atoms with E-state index in [4.69, 9.17) is 6.42 Å². The molecule has 5 nitrogen and oxygen atoms in total. The van der Waals surface area contributed by atoms with Crippen LogP contribution in [0.15, 0.2) is 35.2 Å². The molecule has 0 saturated heterocycles. The molecule has 1 aromatic carbocycles. The summed E-state index contributed by atoms with van der Waals surface area (Å²) in [6, 6.07) is 7.49. The van der Waals surface area contributed by atoms with E-state index < -0.39 is 22.7 Å². The summed E-state index contributed by atoms with van der Waals surface area (Å²) in [6.45, 7) is -0.910. The van der Waals surface area contributed by atoms with Crippen molar-refractivity contribution in [2.45, 2.75) is 4.90 Å². The molecule has 0 heterocycles. The lowest BCUT2D eigenvalue weighted by Crippen LogP contribution is -2.17. The lowest BCUT2D eigenvalue weighted by Gasteiger charge is -2.04. The van der Waals surface area contributed by atoms with Crippen LogP contribution < -0.4 is 0 Å². The van der Waals surface area contributed by atoms with Gasteiger partial charge in [-0.25, -0.2) is 4.79 Å². The molecular weight excluding hydrogens is 244 g/mol. The Kier molecular flexibility index (Phi) is 4.69. The van der Waals surface area contributed by atoms with Crippen molar-refractivity contribution < 1.29 is 22.1 Å². The van der Waals surface area contributed by atoms with Crippen LogP contribution in [0.1, 0.15) is 0 Å². The fourth-order valence-electron chi connectivity index (χ4n) is 0.945. The maximum absolute atomic E-state index is 11.5. The van der Waals surface area contributed by atoms with Crippen molar-refractivity contribution in [1.29, 1.82) is 0 Å². The predicted octanol–water partition coefficient (Wildman–Crippen LogP) is 0.568. The summed E-state index contributed by atoms with van der Waals surface area (Å²) in [7, 11) is -3.93. The lowest BCUT2D eigenvalue weighted by molar-refractivity contribution is -0.144. The quantitative estimate of drug-likeness (QED) is 0.436. The fraction of sp³-hybridized carbons (Fsp3) is 0.182. The minimum atomic E-state index is -3.93. The van der Waals surface area contributed by atoms with Gasteiger partial charge in [-0.3, -0.25) is 4.18 Å². The molecule has 0 aliphatic heterocycles. The first-order chi connectivity index (χ1) is 8.06. The number of ether oxygens (including phenoxy) is 1. The largest absolute Gasteiger partial charge is 0.451 e. The molecule has 0 atom stereocenters. The average molecular weight is 254 g/mol. The summed E-state index contributed by atoms with van der Waals surface area (Å²) in [4.78, 5) is 10.9. The van der Waals surface area contributed by atoms with Crippen molar-refractivity contribution in [1.82, 2.24) is 0 Å². The van der Waals surface area contributed by atoms with Gasteiger partial charge in [0, 0.05) is 0 Å². The summed E-state index contributed by atoms with van der Waals surface area (Å²) in [6.07, 6.45) is 4.86. The van der Waals surface area contributed by atoms with Crippen LogP contribution in [-0.4, -0.2) is 27.6 Å². The van der Waals surface area contributed by atoms with Crippen LogP contribution in [0.3, 0.4) is 0 Å². The van der Waals surface area contributed by atoms with E-state index in [1.807, 2.05) is 0 Å². The molecule has 6 heteroatoms. The molecule has 0 aliphatic carbocycles. The molecule has 1 rings (SSSR count). The van der Waals surface area contributed by atoms with Gasteiger partial charge in [0.15, 0.2) is 13.2 Å². The Balaban J connectivity index is 2.58. The second-order valence-electron chi connectivity index (χ2n) is 2.89. The minimum Gasteiger partial charge on any atom is -0.451 e. The molecule has 0 aromatic heterocycles. The summed E-state index contributed by atoms with van der Waals surface area (Å²) < 4.78 is 32.0. The topological polar surface area (TPSA) is 69.7 Å². The van der Waals surface area contributed by atoms with Crippen LogP contribution in [0.5, 0.6) is 0 Å². The van der Waals surface area contributed by atoms with E-state index in [0.29, 0.717) is 0 Å². The van der Waals surface area contributed by atoms with E-state index in [-0.39, 0.29) is 11.5 Å². The number of hydrogen-bond acceptors (Lipinski definition) is 5. The van der Waals surface area contributed by atoms with Crippen molar-refractivity contribution in [3.05, 3.63) is 30.3 Å². The second kappa shape index (κ2) is 6.03. The van der Waals surface area contributed by atoms with Gasteiger partial charge in [0.2, 0.25) is 0 Å². The maximum atomic E-state index is 11.5. The molecule has 0 saturated carbocycles. The number of benzene rings is 1. The van der Waals surface area contributed by atoms with Crippen LogP contribution in [-0.2, 0) is 23.8 Å². The number of rotatable bonds is 5. The van der Waals surface area contributed by atoms with Gasteiger partial charge in [0.1, 0.15) is 0 Å². The number of esters is 1. The van der Waals surface area contributed by atoms with Crippen molar-refractivity contribution in [3.8, 4) is 12.3 Å². The Morgan fingerprint density at radius 2 is 1.94 bits per heavy atom. The van der Waals surface area contributed by atoms with E-state index in [9.17, 15) is 13.2 Å². The smallest absolute Gasteiger partial charge is 0.334 e. The zero-order chi connectivity index (χ0) is 12.7. The highest BCUT2D eigenvalue weighted by atomic mass is 32.2. The fourth-order valence-corrected chi connectivity index (χ4v) is 1.82. The van der Waals surface area contributed by atoms with Gasteiger partial charge in [0.05, 0.1) is 4.90 Å². The van der Waals surface area contributed by atoms with Crippen LogP contribution >= 0.6 is 0 Å². The van der Waals surface area contributed by atoms with Gasteiger partial charge in [-0.15, -0.1) is 6.42 Å². The highest BCUT2D eigenvalue weighted by molar-refractivity contribution is 7.86. The molecule has 0 spiro atoms. The Labute approximate surface area is 99.5 Å². The molecule has 0 N–H and O–H groups in total. The Morgan fingerprint density at radius 3 is 2.53 bits per heavy atom. The van der Waals surface area contributed by atoms with Crippen molar-refractivity contribution in [2.24, 2.45) is 0 Å². The number of carbonyl (C=O) groups is 1. The number of carbonyl (C=O) groups excluding carboxylic acids is 1. The summed E-state index contributed by atoms with van der Waals surface area (Å²) in [5, 5.41) is 0. The Morgan fingerprint density at radius 1 is 1.29 bits per heavy atom. The molecule has 17 heavy (non-hydrogen) atoms. The van der Waals surface area contributed by atoms with Crippen molar-refractivity contribution >= 4 is 16.1 Å². The third-order valence-corrected chi connectivity index (χ3v) is 2.96. The zero-order valence-corrected chi connectivity index (χ0v) is 9.64. The van der Waals surface area contributed by atoms with Crippen LogP contribution in [0.4, 0.5) is 0 Å². The third kappa shape index (κ3) is 4.26. The number of hydrogen-bond donors (Lipinski definition) is 0. The maximum Gasteiger partial charge on any atom is 0.334 e. The van der Waals surface area contributed by atoms with Crippen LogP contribution in [0, 0.1) is 12.3 Å². The first-order valence-corrected chi connectivity index (χ1v) is 6.00. The molecule has 0 radical (unpaired) electrons. The second-order valence-corrected chi connectivity index (χ2v) is 4.51. The van der Waals surface area contributed by atoms with Crippen LogP contribution in [0.25, 0.3) is 0 Å². The SMILES string of the molecule is C#CCOC(=O)COS(=O)(=O)c1ccccc1. The molecule has 0 unspecified atom stereocenters.